The molecule has 0 bridgehead atoms. The van der Waals surface area contributed by atoms with Gasteiger partial charge in [-0.05, 0) is 40.8 Å². The second-order valence-corrected chi connectivity index (χ2v) is 5.51. The van der Waals surface area contributed by atoms with Gasteiger partial charge in [0.2, 0.25) is 0 Å². The van der Waals surface area contributed by atoms with E-state index in [0.29, 0.717) is 11.3 Å². The average Bonchev–Trinajstić information content (AvgIpc) is 2.55. The molecule has 0 spiro atoms. The van der Waals surface area contributed by atoms with E-state index in [1.54, 1.807) is 6.07 Å². The summed E-state index contributed by atoms with van der Waals surface area (Å²) in [7, 11) is 0. The largest absolute Gasteiger partial charge is 0.416 e. The van der Waals surface area contributed by atoms with Crippen LogP contribution in [0.1, 0.15) is 16.7 Å². The van der Waals surface area contributed by atoms with Gasteiger partial charge in [-0.1, -0.05) is 42.5 Å². The van der Waals surface area contributed by atoms with Gasteiger partial charge in [0, 0.05) is 16.8 Å². The molecule has 1 heterocycles. The normalized spacial score (nSPS) is 13.6. The number of rotatable bonds is 1. The maximum absolute atomic E-state index is 12.9. The van der Waals surface area contributed by atoms with Gasteiger partial charge >= 0.3 is 6.18 Å². The summed E-state index contributed by atoms with van der Waals surface area (Å²) in [6.45, 7) is 0. The summed E-state index contributed by atoms with van der Waals surface area (Å²) >= 11 is 0. The summed E-state index contributed by atoms with van der Waals surface area (Å²) in [6, 6.07) is 17.2. The van der Waals surface area contributed by atoms with Crippen LogP contribution in [0, 0.1) is 0 Å². The molecule has 23 heavy (non-hydrogen) atoms. The molecule has 0 atom stereocenters. The Bertz CT molecular complexity index is 933. The molecule has 4 rings (SSSR count). The van der Waals surface area contributed by atoms with Crippen LogP contribution in [-0.2, 0) is 6.18 Å². The highest BCUT2D eigenvalue weighted by Crippen LogP contribution is 2.37. The maximum Gasteiger partial charge on any atom is 0.416 e. The molecule has 0 saturated carbocycles. The smallest absolute Gasteiger partial charge is 0.354 e. The lowest BCUT2D eigenvalue weighted by atomic mass is 9.96. The highest BCUT2D eigenvalue weighted by molar-refractivity contribution is 6.09. The standard InChI is InChI=1S/C19H12F3N/c20-19(21,22)15-8-2-6-13(10-15)17-11-14-7-1-4-12-5-3-9-16(23-17)18(12)14/h1-11,23H. The SMILES string of the molecule is FC(F)(F)c1cccc(C2=Cc3cccc4cccc(c34)N2)c1. The lowest BCUT2D eigenvalue weighted by Gasteiger charge is -2.21. The molecule has 3 aromatic rings. The topological polar surface area (TPSA) is 12.0 Å². The van der Waals surface area contributed by atoms with E-state index in [1.165, 1.54) is 12.1 Å². The first kappa shape index (κ1) is 13.9. The minimum Gasteiger partial charge on any atom is -0.354 e. The summed E-state index contributed by atoms with van der Waals surface area (Å²) < 4.78 is 38.8. The number of halogens is 3. The Morgan fingerprint density at radius 3 is 2.35 bits per heavy atom. The van der Waals surface area contributed by atoms with Crippen molar-refractivity contribution in [3.63, 3.8) is 0 Å². The first-order valence-corrected chi connectivity index (χ1v) is 7.20. The number of alkyl halides is 3. The predicted molar refractivity (Wildman–Crippen MR) is 86.9 cm³/mol. The molecule has 1 nitrogen and oxygen atoms in total. The van der Waals surface area contributed by atoms with Crippen LogP contribution in [-0.4, -0.2) is 0 Å². The quantitative estimate of drug-likeness (QED) is 0.600. The van der Waals surface area contributed by atoms with Gasteiger partial charge in [-0.3, -0.25) is 0 Å². The molecule has 0 radical (unpaired) electrons. The van der Waals surface area contributed by atoms with Crippen LogP contribution in [0.5, 0.6) is 0 Å². The van der Waals surface area contributed by atoms with Crippen LogP contribution in [0.2, 0.25) is 0 Å². The summed E-state index contributed by atoms with van der Waals surface area (Å²) in [5.41, 5.74) is 2.46. The van der Waals surface area contributed by atoms with E-state index in [0.717, 1.165) is 28.1 Å². The summed E-state index contributed by atoms with van der Waals surface area (Å²) in [5, 5.41) is 5.44. The molecular weight excluding hydrogens is 299 g/mol. The average molecular weight is 311 g/mol. The first-order valence-electron chi connectivity index (χ1n) is 7.20. The zero-order valence-electron chi connectivity index (χ0n) is 12.0. The van der Waals surface area contributed by atoms with E-state index in [4.69, 9.17) is 0 Å². The minimum atomic E-state index is -4.34. The number of nitrogens with one attached hydrogen (secondary N) is 1. The highest BCUT2D eigenvalue weighted by Gasteiger charge is 2.30. The van der Waals surface area contributed by atoms with Gasteiger partial charge < -0.3 is 5.32 Å². The number of hydrogen-bond acceptors (Lipinski definition) is 1. The molecule has 0 fully saturated rings. The van der Waals surface area contributed by atoms with Crippen molar-refractivity contribution in [2.24, 2.45) is 0 Å². The minimum absolute atomic E-state index is 0.520. The molecule has 4 heteroatoms. The van der Waals surface area contributed by atoms with Gasteiger partial charge in [0.25, 0.3) is 0 Å². The lowest BCUT2D eigenvalue weighted by molar-refractivity contribution is -0.137. The Balaban J connectivity index is 1.86. The van der Waals surface area contributed by atoms with Crippen molar-refractivity contribution in [3.05, 3.63) is 77.4 Å². The Hall–Kier alpha value is -2.75. The lowest BCUT2D eigenvalue weighted by Crippen LogP contribution is -2.08. The van der Waals surface area contributed by atoms with Gasteiger partial charge in [-0.2, -0.15) is 13.2 Å². The van der Waals surface area contributed by atoms with Crippen LogP contribution < -0.4 is 5.32 Å². The zero-order chi connectivity index (χ0) is 16.0. The van der Waals surface area contributed by atoms with Gasteiger partial charge in [0.15, 0.2) is 0 Å². The van der Waals surface area contributed by atoms with E-state index >= 15 is 0 Å². The van der Waals surface area contributed by atoms with Crippen LogP contribution in [0.4, 0.5) is 18.9 Å². The zero-order valence-corrected chi connectivity index (χ0v) is 12.0. The van der Waals surface area contributed by atoms with E-state index in [-0.39, 0.29) is 0 Å². The molecule has 0 saturated heterocycles. The van der Waals surface area contributed by atoms with Gasteiger partial charge in [0.05, 0.1) is 5.56 Å². The molecule has 0 aliphatic carbocycles. The second-order valence-electron chi connectivity index (χ2n) is 5.51. The highest BCUT2D eigenvalue weighted by atomic mass is 19.4. The summed E-state index contributed by atoms with van der Waals surface area (Å²) in [5.74, 6) is 0. The molecule has 3 aromatic carbocycles. The van der Waals surface area contributed by atoms with Gasteiger partial charge in [0.1, 0.15) is 0 Å². The molecular formula is C19H12F3N. The van der Waals surface area contributed by atoms with Crippen LogP contribution in [0.3, 0.4) is 0 Å². The number of hydrogen-bond donors (Lipinski definition) is 1. The number of anilines is 1. The molecule has 1 aliphatic rings. The van der Waals surface area contributed by atoms with E-state index < -0.39 is 11.7 Å². The Kier molecular flexibility index (Phi) is 2.94. The van der Waals surface area contributed by atoms with Crippen LogP contribution >= 0.6 is 0 Å². The van der Waals surface area contributed by atoms with Crippen molar-refractivity contribution in [1.29, 1.82) is 0 Å². The Morgan fingerprint density at radius 1 is 0.826 bits per heavy atom. The first-order chi connectivity index (χ1) is 11.0. The van der Waals surface area contributed by atoms with Crippen LogP contribution in [0.15, 0.2) is 60.7 Å². The fraction of sp³-hybridized carbons (Fsp3) is 0.0526. The van der Waals surface area contributed by atoms with Crippen molar-refractivity contribution in [2.75, 3.05) is 5.32 Å². The predicted octanol–water partition coefficient (Wildman–Crippen LogP) is 5.78. The van der Waals surface area contributed by atoms with E-state index in [9.17, 15) is 13.2 Å². The third-order valence-corrected chi connectivity index (χ3v) is 4.01. The third kappa shape index (κ3) is 2.36. The van der Waals surface area contributed by atoms with E-state index in [2.05, 4.69) is 5.32 Å². The summed E-state index contributed by atoms with van der Waals surface area (Å²) in [6.07, 6.45) is -2.45. The van der Waals surface area contributed by atoms with Crippen molar-refractivity contribution < 1.29 is 13.2 Å². The molecule has 0 amide bonds. The molecule has 1 aliphatic heterocycles. The Morgan fingerprint density at radius 2 is 1.57 bits per heavy atom. The molecule has 0 aromatic heterocycles. The monoisotopic (exact) mass is 311 g/mol. The summed E-state index contributed by atoms with van der Waals surface area (Å²) in [4.78, 5) is 0. The number of benzene rings is 3. The van der Waals surface area contributed by atoms with E-state index in [1.807, 2.05) is 42.5 Å². The third-order valence-electron chi connectivity index (χ3n) is 4.01. The van der Waals surface area contributed by atoms with Crippen molar-refractivity contribution in [1.82, 2.24) is 0 Å². The fourth-order valence-electron chi connectivity index (χ4n) is 2.95. The maximum atomic E-state index is 12.9. The molecule has 0 unspecified atom stereocenters. The molecule has 114 valence electrons. The van der Waals surface area contributed by atoms with Crippen molar-refractivity contribution in [2.45, 2.75) is 6.18 Å². The van der Waals surface area contributed by atoms with Gasteiger partial charge in [-0.15, -0.1) is 0 Å². The van der Waals surface area contributed by atoms with Gasteiger partial charge in [-0.25, -0.2) is 0 Å². The fourth-order valence-corrected chi connectivity index (χ4v) is 2.95. The second kappa shape index (κ2) is 4.88. The van der Waals surface area contributed by atoms with Crippen molar-refractivity contribution >= 4 is 28.2 Å². The van der Waals surface area contributed by atoms with Crippen molar-refractivity contribution in [3.8, 4) is 0 Å². The molecule has 1 N–H and O–H groups in total. The van der Waals surface area contributed by atoms with Crippen LogP contribution in [0.25, 0.3) is 22.5 Å². The Labute approximate surface area is 131 Å².